The van der Waals surface area contributed by atoms with E-state index in [-0.39, 0.29) is 5.41 Å². The zero-order chi connectivity index (χ0) is 16.4. The molecule has 1 aromatic carbocycles. The van der Waals surface area contributed by atoms with E-state index < -0.39 is 0 Å². The van der Waals surface area contributed by atoms with Crippen LogP contribution < -0.4 is 0 Å². The van der Waals surface area contributed by atoms with E-state index in [9.17, 15) is 5.11 Å². The molecule has 2 aliphatic carbocycles. The Bertz CT molecular complexity index is 755. The van der Waals surface area contributed by atoms with Crippen LogP contribution in [0.2, 0.25) is 0 Å². The van der Waals surface area contributed by atoms with Gasteiger partial charge >= 0.3 is 0 Å². The van der Waals surface area contributed by atoms with Crippen LogP contribution in [0.5, 0.6) is 5.75 Å². The minimum absolute atomic E-state index is 0.185. The first-order valence-corrected chi connectivity index (χ1v) is 9.09. The Labute approximate surface area is 138 Å². The van der Waals surface area contributed by atoms with Crippen molar-refractivity contribution in [2.75, 3.05) is 0 Å². The van der Waals surface area contributed by atoms with E-state index >= 15 is 0 Å². The third-order valence-corrected chi connectivity index (χ3v) is 6.84. The molecule has 0 spiro atoms. The second-order valence-electron chi connectivity index (χ2n) is 8.81. The number of rotatable bonds is 0. The minimum Gasteiger partial charge on any atom is -0.508 e. The van der Waals surface area contributed by atoms with Crippen LogP contribution in [-0.2, 0) is 5.41 Å². The molecule has 0 bridgehead atoms. The van der Waals surface area contributed by atoms with Gasteiger partial charge in [-0.15, -0.1) is 0 Å². The van der Waals surface area contributed by atoms with E-state index in [1.165, 1.54) is 48.8 Å². The van der Waals surface area contributed by atoms with E-state index in [1.54, 1.807) is 12.1 Å². The average molecular weight is 312 g/mol. The van der Waals surface area contributed by atoms with Crippen molar-refractivity contribution >= 4 is 11.0 Å². The maximum absolute atomic E-state index is 9.83. The zero-order valence-electron chi connectivity index (χ0n) is 14.8. The van der Waals surface area contributed by atoms with Gasteiger partial charge in [0.05, 0.1) is 0 Å². The van der Waals surface area contributed by atoms with Crippen LogP contribution in [0.15, 0.2) is 22.6 Å². The Hall–Kier alpha value is -1.44. The lowest BCUT2D eigenvalue weighted by Gasteiger charge is -2.50. The summed E-state index contributed by atoms with van der Waals surface area (Å²) in [5.41, 5.74) is 2.86. The van der Waals surface area contributed by atoms with Crippen LogP contribution in [0.25, 0.3) is 11.0 Å². The van der Waals surface area contributed by atoms with E-state index in [2.05, 4.69) is 33.8 Å². The number of hydrogen-bond donors (Lipinski definition) is 1. The molecular weight excluding hydrogens is 284 g/mol. The summed E-state index contributed by atoms with van der Waals surface area (Å²) in [7, 11) is 0. The Morgan fingerprint density at radius 1 is 1.13 bits per heavy atom. The fourth-order valence-electron chi connectivity index (χ4n) is 5.72. The number of aromatic hydroxyl groups is 1. The van der Waals surface area contributed by atoms with Crippen molar-refractivity contribution in [1.82, 2.24) is 0 Å². The van der Waals surface area contributed by atoms with Crippen LogP contribution in [0.3, 0.4) is 0 Å². The number of phenols is 1. The molecule has 1 aromatic heterocycles. The quantitative estimate of drug-likeness (QED) is 0.635. The number of hydrogen-bond acceptors (Lipinski definition) is 2. The van der Waals surface area contributed by atoms with E-state index in [0.717, 1.165) is 5.58 Å². The summed E-state index contributed by atoms with van der Waals surface area (Å²) >= 11 is 0. The molecule has 1 fully saturated rings. The molecule has 1 heterocycles. The topological polar surface area (TPSA) is 33.4 Å². The summed E-state index contributed by atoms with van der Waals surface area (Å²) in [6.07, 6.45) is 6.35. The van der Waals surface area contributed by atoms with Crippen molar-refractivity contribution in [2.24, 2.45) is 11.3 Å². The Morgan fingerprint density at radius 3 is 2.70 bits per heavy atom. The number of phenolic OH excluding ortho intramolecular Hbond substituents is 1. The van der Waals surface area contributed by atoms with E-state index in [0.29, 0.717) is 23.0 Å². The van der Waals surface area contributed by atoms with Gasteiger partial charge in [0, 0.05) is 22.9 Å². The molecule has 2 heteroatoms. The Balaban J connectivity index is 2.01. The fraction of sp³-hybridized carbons (Fsp3) is 0.619. The van der Waals surface area contributed by atoms with Crippen molar-refractivity contribution < 1.29 is 9.52 Å². The van der Waals surface area contributed by atoms with Crippen LogP contribution in [-0.4, -0.2) is 5.11 Å². The van der Waals surface area contributed by atoms with Crippen LogP contribution >= 0.6 is 0 Å². The molecular formula is C21H28O2. The molecule has 2 aliphatic rings. The highest BCUT2D eigenvalue weighted by Crippen LogP contribution is 2.59. The van der Waals surface area contributed by atoms with Crippen molar-refractivity contribution in [2.45, 2.75) is 71.1 Å². The lowest BCUT2D eigenvalue weighted by molar-refractivity contribution is 0.0504. The van der Waals surface area contributed by atoms with Gasteiger partial charge in [0.25, 0.3) is 0 Å². The summed E-state index contributed by atoms with van der Waals surface area (Å²) in [6, 6.07) is 5.65. The van der Waals surface area contributed by atoms with Crippen molar-refractivity contribution in [3.63, 3.8) is 0 Å². The Kier molecular flexibility index (Phi) is 3.14. The second kappa shape index (κ2) is 4.78. The smallest absolute Gasteiger partial charge is 0.138 e. The largest absolute Gasteiger partial charge is 0.508 e. The van der Waals surface area contributed by atoms with E-state index in [1.807, 2.05) is 0 Å². The van der Waals surface area contributed by atoms with Crippen molar-refractivity contribution in [1.29, 1.82) is 0 Å². The molecule has 3 atom stereocenters. The van der Waals surface area contributed by atoms with Gasteiger partial charge in [-0.3, -0.25) is 0 Å². The first-order chi connectivity index (χ1) is 10.8. The molecule has 1 saturated carbocycles. The van der Waals surface area contributed by atoms with Gasteiger partial charge in [-0.25, -0.2) is 0 Å². The highest BCUT2D eigenvalue weighted by molar-refractivity contribution is 5.85. The normalized spacial score (nSPS) is 33.0. The zero-order valence-corrected chi connectivity index (χ0v) is 14.8. The van der Waals surface area contributed by atoms with Gasteiger partial charge in [-0.1, -0.05) is 34.1 Å². The first kappa shape index (κ1) is 15.1. The molecule has 0 saturated heterocycles. The van der Waals surface area contributed by atoms with Crippen LogP contribution in [0, 0.1) is 11.3 Å². The average Bonchev–Trinajstić information content (AvgIpc) is 2.80. The monoisotopic (exact) mass is 312 g/mol. The van der Waals surface area contributed by atoms with Gasteiger partial charge in [-0.2, -0.15) is 0 Å². The predicted octanol–water partition coefficient (Wildman–Crippen LogP) is 6.12. The van der Waals surface area contributed by atoms with Crippen LogP contribution in [0.1, 0.15) is 77.0 Å². The third kappa shape index (κ3) is 2.07. The van der Waals surface area contributed by atoms with Gasteiger partial charge in [0.15, 0.2) is 0 Å². The first-order valence-electron chi connectivity index (χ1n) is 9.09. The fourth-order valence-corrected chi connectivity index (χ4v) is 5.72. The third-order valence-electron chi connectivity index (χ3n) is 6.84. The van der Waals surface area contributed by atoms with Gasteiger partial charge < -0.3 is 9.52 Å². The molecule has 4 rings (SSSR count). The predicted molar refractivity (Wildman–Crippen MR) is 94.0 cm³/mol. The van der Waals surface area contributed by atoms with Crippen LogP contribution in [0.4, 0.5) is 0 Å². The summed E-state index contributed by atoms with van der Waals surface area (Å²) in [4.78, 5) is 0. The molecule has 23 heavy (non-hydrogen) atoms. The van der Waals surface area contributed by atoms with E-state index in [4.69, 9.17) is 4.42 Å². The molecule has 0 aliphatic heterocycles. The summed E-state index contributed by atoms with van der Waals surface area (Å²) in [6.45, 7) is 9.68. The van der Waals surface area contributed by atoms with Gasteiger partial charge in [-0.05, 0) is 54.6 Å². The minimum atomic E-state index is 0.185. The number of benzene rings is 1. The standard InChI is InChI=1S/C21H28O2/c1-13-6-9-17-20(2,3)10-5-11-21(17,4)18-15-8-7-14(22)12-16(15)23-19(13)18/h7-8,12-13,17,22H,5-6,9-11H2,1-4H3/t13?,17-,21-/m0/s1. The van der Waals surface area contributed by atoms with Crippen molar-refractivity contribution in [3.8, 4) is 5.75 Å². The number of furan rings is 1. The molecule has 2 nitrogen and oxygen atoms in total. The summed E-state index contributed by atoms with van der Waals surface area (Å²) < 4.78 is 6.29. The highest BCUT2D eigenvalue weighted by atomic mass is 16.3. The summed E-state index contributed by atoms with van der Waals surface area (Å²) in [5, 5.41) is 11.1. The molecule has 0 radical (unpaired) electrons. The Morgan fingerprint density at radius 2 is 1.91 bits per heavy atom. The lowest BCUT2D eigenvalue weighted by Crippen LogP contribution is -2.44. The molecule has 1 unspecified atom stereocenters. The lowest BCUT2D eigenvalue weighted by atomic mass is 9.53. The second-order valence-corrected chi connectivity index (χ2v) is 8.81. The maximum atomic E-state index is 9.83. The van der Waals surface area contributed by atoms with Gasteiger partial charge in [0.1, 0.15) is 17.1 Å². The SMILES string of the molecule is CC1CC[C@H]2C(C)(C)CCC[C@]2(C)c2c1oc1cc(O)ccc21. The summed E-state index contributed by atoms with van der Waals surface area (Å²) in [5.74, 6) is 2.62. The highest BCUT2D eigenvalue weighted by Gasteiger charge is 2.51. The molecule has 2 aromatic rings. The molecule has 1 N–H and O–H groups in total. The van der Waals surface area contributed by atoms with Gasteiger partial charge in [0.2, 0.25) is 0 Å². The maximum Gasteiger partial charge on any atom is 0.138 e. The molecule has 0 amide bonds. The van der Waals surface area contributed by atoms with Crippen molar-refractivity contribution in [3.05, 3.63) is 29.5 Å². The number of fused-ring (bicyclic) bond motifs is 5. The molecule has 124 valence electrons.